The molecule has 1 N–H and O–H groups in total. The fourth-order valence-electron chi connectivity index (χ4n) is 2.47. The smallest absolute Gasteiger partial charge is 0.313 e. The standard InChI is InChI=1S/C16H23N3O2S/c1-2-22-14-9-8-13(12-17-14)18-15(20)16(21)19-10-6-4-3-5-7-11-19/h8-9,12H,2-7,10-11H2,1H3,(H,18,20). The third kappa shape index (κ3) is 5.02. The Balaban J connectivity index is 1.90. The lowest BCUT2D eigenvalue weighted by Gasteiger charge is -2.24. The van der Waals surface area contributed by atoms with E-state index in [1.165, 1.54) is 6.42 Å². The molecule has 2 heterocycles. The van der Waals surface area contributed by atoms with Gasteiger partial charge in [-0.2, -0.15) is 0 Å². The molecule has 22 heavy (non-hydrogen) atoms. The van der Waals surface area contributed by atoms with Crippen molar-refractivity contribution in [1.82, 2.24) is 9.88 Å². The van der Waals surface area contributed by atoms with Crippen molar-refractivity contribution in [3.05, 3.63) is 18.3 Å². The fraction of sp³-hybridized carbons (Fsp3) is 0.562. The monoisotopic (exact) mass is 321 g/mol. The van der Waals surface area contributed by atoms with Gasteiger partial charge in [-0.3, -0.25) is 9.59 Å². The number of anilines is 1. The summed E-state index contributed by atoms with van der Waals surface area (Å²) in [6.07, 6.45) is 7.03. The van der Waals surface area contributed by atoms with Gasteiger partial charge >= 0.3 is 11.8 Å². The molecule has 2 amide bonds. The van der Waals surface area contributed by atoms with E-state index in [2.05, 4.69) is 17.2 Å². The summed E-state index contributed by atoms with van der Waals surface area (Å²) in [5.74, 6) is -0.0567. The number of hydrogen-bond donors (Lipinski definition) is 1. The maximum atomic E-state index is 12.2. The average molecular weight is 321 g/mol. The lowest BCUT2D eigenvalue weighted by atomic mass is 10.1. The zero-order chi connectivity index (χ0) is 15.8. The van der Waals surface area contributed by atoms with Gasteiger partial charge in [-0.15, -0.1) is 11.8 Å². The van der Waals surface area contributed by atoms with Gasteiger partial charge in [0.05, 0.1) is 16.9 Å². The molecular weight excluding hydrogens is 298 g/mol. The van der Waals surface area contributed by atoms with Crippen LogP contribution in [0.2, 0.25) is 0 Å². The molecule has 0 radical (unpaired) electrons. The number of carbonyl (C=O) groups excluding carboxylic acids is 2. The molecule has 1 aromatic heterocycles. The molecule has 6 heteroatoms. The van der Waals surface area contributed by atoms with Crippen LogP contribution in [-0.4, -0.2) is 40.5 Å². The molecule has 1 aliphatic rings. The molecule has 1 aromatic rings. The first-order chi connectivity index (χ1) is 10.7. The van der Waals surface area contributed by atoms with Gasteiger partial charge in [0.25, 0.3) is 0 Å². The van der Waals surface area contributed by atoms with E-state index >= 15 is 0 Å². The molecule has 0 bridgehead atoms. The Morgan fingerprint density at radius 2 is 1.86 bits per heavy atom. The van der Waals surface area contributed by atoms with Gasteiger partial charge in [0, 0.05) is 13.1 Å². The highest BCUT2D eigenvalue weighted by Gasteiger charge is 2.22. The molecule has 1 fully saturated rings. The van der Waals surface area contributed by atoms with Crippen molar-refractivity contribution in [3.8, 4) is 0 Å². The van der Waals surface area contributed by atoms with Gasteiger partial charge in [-0.05, 0) is 30.7 Å². The van der Waals surface area contributed by atoms with E-state index in [9.17, 15) is 9.59 Å². The maximum Gasteiger partial charge on any atom is 0.313 e. The number of amides is 2. The predicted octanol–water partition coefficient (Wildman–Crippen LogP) is 2.92. The minimum absolute atomic E-state index is 0.436. The highest BCUT2D eigenvalue weighted by molar-refractivity contribution is 7.99. The van der Waals surface area contributed by atoms with Crippen molar-refractivity contribution in [2.24, 2.45) is 0 Å². The Kier molecular flexibility index (Phi) is 6.71. The van der Waals surface area contributed by atoms with Gasteiger partial charge in [0.1, 0.15) is 0 Å². The van der Waals surface area contributed by atoms with Crippen LogP contribution in [-0.2, 0) is 9.59 Å². The van der Waals surface area contributed by atoms with Crippen LogP contribution in [0.15, 0.2) is 23.4 Å². The van der Waals surface area contributed by atoms with E-state index in [1.807, 2.05) is 6.07 Å². The summed E-state index contributed by atoms with van der Waals surface area (Å²) < 4.78 is 0. The van der Waals surface area contributed by atoms with Crippen LogP contribution in [0.3, 0.4) is 0 Å². The van der Waals surface area contributed by atoms with E-state index in [1.54, 1.807) is 28.9 Å². The minimum Gasteiger partial charge on any atom is -0.334 e. The van der Waals surface area contributed by atoms with Crippen LogP contribution in [0.1, 0.15) is 39.0 Å². The molecule has 0 unspecified atom stereocenters. The summed E-state index contributed by atoms with van der Waals surface area (Å²) in [7, 11) is 0. The number of carbonyl (C=O) groups is 2. The summed E-state index contributed by atoms with van der Waals surface area (Å²) in [5.41, 5.74) is 0.561. The summed E-state index contributed by atoms with van der Waals surface area (Å²) in [5, 5.41) is 3.56. The van der Waals surface area contributed by atoms with E-state index in [0.29, 0.717) is 18.8 Å². The second kappa shape index (κ2) is 8.78. The number of thioether (sulfide) groups is 1. The Morgan fingerprint density at radius 1 is 1.18 bits per heavy atom. The number of hydrogen-bond acceptors (Lipinski definition) is 4. The molecule has 0 aliphatic carbocycles. The Hall–Kier alpha value is -1.56. The second-order valence-electron chi connectivity index (χ2n) is 5.33. The SMILES string of the molecule is CCSc1ccc(NC(=O)C(=O)N2CCCCCCC2)cn1. The normalized spacial score (nSPS) is 15.8. The summed E-state index contributed by atoms with van der Waals surface area (Å²) >= 11 is 1.64. The average Bonchev–Trinajstić information content (AvgIpc) is 2.48. The molecule has 1 saturated heterocycles. The van der Waals surface area contributed by atoms with Gasteiger partial charge < -0.3 is 10.2 Å². The van der Waals surface area contributed by atoms with E-state index in [0.717, 1.165) is 36.5 Å². The molecule has 2 rings (SSSR count). The topological polar surface area (TPSA) is 62.3 Å². The van der Waals surface area contributed by atoms with Crippen molar-refractivity contribution in [2.75, 3.05) is 24.2 Å². The van der Waals surface area contributed by atoms with Crippen LogP contribution in [0.25, 0.3) is 0 Å². The van der Waals surface area contributed by atoms with Gasteiger partial charge in [-0.25, -0.2) is 4.98 Å². The minimum atomic E-state index is -0.571. The second-order valence-corrected chi connectivity index (χ2v) is 6.62. The predicted molar refractivity (Wildman–Crippen MR) is 88.9 cm³/mol. The van der Waals surface area contributed by atoms with Crippen LogP contribution < -0.4 is 5.32 Å². The third-order valence-electron chi connectivity index (χ3n) is 3.62. The van der Waals surface area contributed by atoms with E-state index in [4.69, 9.17) is 0 Å². The fourth-order valence-corrected chi connectivity index (χ4v) is 3.05. The van der Waals surface area contributed by atoms with Gasteiger partial charge in [0.15, 0.2) is 0 Å². The van der Waals surface area contributed by atoms with E-state index < -0.39 is 11.8 Å². The molecule has 1 aliphatic heterocycles. The number of nitrogens with zero attached hydrogens (tertiary/aromatic N) is 2. The first-order valence-corrected chi connectivity index (χ1v) is 8.88. The number of pyridine rings is 1. The summed E-state index contributed by atoms with van der Waals surface area (Å²) in [4.78, 5) is 30.2. The highest BCUT2D eigenvalue weighted by atomic mass is 32.2. The third-order valence-corrected chi connectivity index (χ3v) is 4.45. The van der Waals surface area contributed by atoms with Crippen LogP contribution in [0.4, 0.5) is 5.69 Å². The van der Waals surface area contributed by atoms with Crippen molar-refractivity contribution in [1.29, 1.82) is 0 Å². The zero-order valence-corrected chi connectivity index (χ0v) is 13.8. The number of rotatable bonds is 3. The Labute approximate surface area is 135 Å². The molecule has 0 atom stereocenters. The van der Waals surface area contributed by atoms with Crippen LogP contribution >= 0.6 is 11.8 Å². The highest BCUT2D eigenvalue weighted by Crippen LogP contribution is 2.16. The van der Waals surface area contributed by atoms with Crippen molar-refractivity contribution < 1.29 is 9.59 Å². The molecular formula is C16H23N3O2S. The lowest BCUT2D eigenvalue weighted by Crippen LogP contribution is -2.41. The Morgan fingerprint density at radius 3 is 2.45 bits per heavy atom. The first-order valence-electron chi connectivity index (χ1n) is 7.90. The summed E-state index contributed by atoms with van der Waals surface area (Å²) in [6, 6.07) is 3.63. The molecule has 0 spiro atoms. The Bertz CT molecular complexity index is 497. The molecule has 5 nitrogen and oxygen atoms in total. The zero-order valence-electron chi connectivity index (χ0n) is 13.0. The van der Waals surface area contributed by atoms with Gasteiger partial charge in [-0.1, -0.05) is 26.2 Å². The maximum absolute atomic E-state index is 12.2. The first kappa shape index (κ1) is 16.8. The molecule has 0 saturated carbocycles. The van der Waals surface area contributed by atoms with Gasteiger partial charge in [0.2, 0.25) is 0 Å². The molecule has 120 valence electrons. The number of nitrogens with one attached hydrogen (secondary N) is 1. The van der Waals surface area contributed by atoms with Crippen LogP contribution in [0.5, 0.6) is 0 Å². The largest absolute Gasteiger partial charge is 0.334 e. The summed E-state index contributed by atoms with van der Waals surface area (Å²) in [6.45, 7) is 3.41. The quantitative estimate of drug-likeness (QED) is 0.687. The molecule has 0 aromatic carbocycles. The lowest BCUT2D eigenvalue weighted by molar-refractivity contribution is -0.143. The number of likely N-dealkylation sites (tertiary alicyclic amines) is 1. The number of aromatic nitrogens is 1. The van der Waals surface area contributed by atoms with E-state index in [-0.39, 0.29) is 0 Å². The van der Waals surface area contributed by atoms with Crippen LogP contribution in [0, 0.1) is 0 Å². The van der Waals surface area contributed by atoms with Crippen molar-refractivity contribution in [3.63, 3.8) is 0 Å². The van der Waals surface area contributed by atoms with Crippen molar-refractivity contribution >= 4 is 29.3 Å². The van der Waals surface area contributed by atoms with Crippen molar-refractivity contribution in [2.45, 2.75) is 44.1 Å².